The second-order valence-electron chi connectivity index (χ2n) is 5.05. The van der Waals surface area contributed by atoms with Gasteiger partial charge in [-0.25, -0.2) is 0 Å². The van der Waals surface area contributed by atoms with E-state index in [1.165, 1.54) is 11.8 Å². The minimum absolute atomic E-state index is 0.202. The molecule has 0 saturated heterocycles. The van der Waals surface area contributed by atoms with E-state index in [2.05, 4.69) is 10.2 Å². The number of hydrogen-bond acceptors (Lipinski definition) is 5. The van der Waals surface area contributed by atoms with Crippen LogP contribution in [0.5, 0.6) is 5.75 Å². The Balaban J connectivity index is 1.53. The predicted octanol–water partition coefficient (Wildman–Crippen LogP) is 3.45. The average molecular weight is 362 g/mol. The first-order chi connectivity index (χ1) is 11.7. The zero-order valence-electron chi connectivity index (χ0n) is 12.7. The standard InChI is InChI=1S/C17H16ClN3O2S/c18-13-6-8-16(9-7-13)23-10-15(22)11-24-17-20-19-12-21(17)14-4-2-1-3-5-14/h1-9,12,15,22H,10-11H2/t15-/m0/s1. The van der Waals surface area contributed by atoms with Crippen molar-refractivity contribution >= 4 is 23.4 Å². The molecule has 0 fully saturated rings. The summed E-state index contributed by atoms with van der Waals surface area (Å²) in [6.45, 7) is 0.202. The molecule has 124 valence electrons. The fourth-order valence-electron chi connectivity index (χ4n) is 2.03. The molecular formula is C17H16ClN3O2S. The molecule has 0 saturated carbocycles. The fraction of sp³-hybridized carbons (Fsp3) is 0.176. The molecule has 0 amide bonds. The molecule has 0 aliphatic heterocycles. The third kappa shape index (κ3) is 4.50. The molecule has 5 nitrogen and oxygen atoms in total. The van der Waals surface area contributed by atoms with Gasteiger partial charge in [0.1, 0.15) is 18.7 Å². The highest BCUT2D eigenvalue weighted by molar-refractivity contribution is 7.99. The topological polar surface area (TPSA) is 60.2 Å². The summed E-state index contributed by atoms with van der Waals surface area (Å²) < 4.78 is 7.43. The zero-order valence-corrected chi connectivity index (χ0v) is 14.3. The van der Waals surface area contributed by atoms with E-state index in [9.17, 15) is 5.11 Å². The maximum Gasteiger partial charge on any atom is 0.195 e. The van der Waals surface area contributed by atoms with Crippen LogP contribution in [0.3, 0.4) is 0 Å². The first kappa shape index (κ1) is 16.8. The Morgan fingerprint density at radius 1 is 1.12 bits per heavy atom. The summed E-state index contributed by atoms with van der Waals surface area (Å²) in [7, 11) is 0. The third-order valence-corrected chi connectivity index (χ3v) is 4.55. The largest absolute Gasteiger partial charge is 0.491 e. The van der Waals surface area contributed by atoms with E-state index in [0.717, 1.165) is 10.8 Å². The highest BCUT2D eigenvalue weighted by atomic mass is 35.5. The summed E-state index contributed by atoms with van der Waals surface area (Å²) in [5.41, 5.74) is 0.983. The van der Waals surface area contributed by atoms with Crippen molar-refractivity contribution in [2.24, 2.45) is 0 Å². The molecule has 24 heavy (non-hydrogen) atoms. The number of hydrogen-bond donors (Lipinski definition) is 1. The van der Waals surface area contributed by atoms with Gasteiger partial charge in [0.05, 0.1) is 6.10 Å². The predicted molar refractivity (Wildman–Crippen MR) is 95.0 cm³/mol. The Morgan fingerprint density at radius 3 is 2.62 bits per heavy atom. The van der Waals surface area contributed by atoms with Gasteiger partial charge in [0, 0.05) is 16.5 Å². The van der Waals surface area contributed by atoms with Gasteiger partial charge in [-0.2, -0.15) is 0 Å². The van der Waals surface area contributed by atoms with Gasteiger partial charge in [-0.1, -0.05) is 41.6 Å². The summed E-state index contributed by atoms with van der Waals surface area (Å²) in [6, 6.07) is 16.9. The summed E-state index contributed by atoms with van der Waals surface area (Å²) in [5, 5.41) is 19.5. The van der Waals surface area contributed by atoms with E-state index in [1.54, 1.807) is 30.6 Å². The van der Waals surface area contributed by atoms with Crippen LogP contribution < -0.4 is 4.74 Å². The maximum absolute atomic E-state index is 10.1. The quantitative estimate of drug-likeness (QED) is 0.653. The second kappa shape index (κ2) is 8.19. The van der Waals surface area contributed by atoms with Crippen LogP contribution in [0.4, 0.5) is 0 Å². The number of aliphatic hydroxyl groups is 1. The highest BCUT2D eigenvalue weighted by Crippen LogP contribution is 2.21. The smallest absolute Gasteiger partial charge is 0.195 e. The van der Waals surface area contributed by atoms with Crippen LogP contribution in [0.25, 0.3) is 5.69 Å². The molecular weight excluding hydrogens is 346 g/mol. The summed E-state index contributed by atoms with van der Waals surface area (Å²) in [5.74, 6) is 1.13. The second-order valence-corrected chi connectivity index (χ2v) is 6.47. The van der Waals surface area contributed by atoms with Crippen molar-refractivity contribution in [3.8, 4) is 11.4 Å². The molecule has 3 aromatic rings. The normalized spacial score (nSPS) is 12.1. The van der Waals surface area contributed by atoms with E-state index in [4.69, 9.17) is 16.3 Å². The minimum Gasteiger partial charge on any atom is -0.491 e. The summed E-state index contributed by atoms with van der Waals surface area (Å²) in [6.07, 6.45) is 1.04. The number of benzene rings is 2. The minimum atomic E-state index is -0.619. The van der Waals surface area contributed by atoms with Gasteiger partial charge in [0.15, 0.2) is 5.16 Å². The van der Waals surface area contributed by atoms with Gasteiger partial charge in [-0.15, -0.1) is 10.2 Å². The Labute approximate surface area is 149 Å². The van der Waals surface area contributed by atoms with Crippen molar-refractivity contribution in [1.29, 1.82) is 0 Å². The van der Waals surface area contributed by atoms with E-state index in [-0.39, 0.29) is 6.61 Å². The van der Waals surface area contributed by atoms with Crippen LogP contribution in [0, 0.1) is 0 Å². The van der Waals surface area contributed by atoms with E-state index >= 15 is 0 Å². The van der Waals surface area contributed by atoms with Gasteiger partial charge < -0.3 is 9.84 Å². The number of aliphatic hydroxyl groups excluding tert-OH is 1. The lowest BCUT2D eigenvalue weighted by Crippen LogP contribution is -2.20. The van der Waals surface area contributed by atoms with Gasteiger partial charge in [0.2, 0.25) is 0 Å². The van der Waals surface area contributed by atoms with Crippen LogP contribution >= 0.6 is 23.4 Å². The molecule has 0 aliphatic rings. The highest BCUT2D eigenvalue weighted by Gasteiger charge is 2.11. The summed E-state index contributed by atoms with van der Waals surface area (Å²) in [4.78, 5) is 0. The Bertz CT molecular complexity index is 765. The molecule has 0 radical (unpaired) electrons. The summed E-state index contributed by atoms with van der Waals surface area (Å²) >= 11 is 7.26. The molecule has 1 atom stereocenters. The van der Waals surface area contributed by atoms with Crippen molar-refractivity contribution in [3.05, 3.63) is 65.9 Å². The maximum atomic E-state index is 10.1. The zero-order chi connectivity index (χ0) is 16.8. The lowest BCUT2D eigenvalue weighted by atomic mass is 10.3. The molecule has 1 N–H and O–H groups in total. The molecule has 0 unspecified atom stereocenters. The van der Waals surface area contributed by atoms with Crippen molar-refractivity contribution in [3.63, 3.8) is 0 Å². The molecule has 0 bridgehead atoms. The Kier molecular flexibility index (Phi) is 5.74. The number of para-hydroxylation sites is 1. The van der Waals surface area contributed by atoms with Crippen LogP contribution in [0.15, 0.2) is 66.1 Å². The number of aromatic nitrogens is 3. The lowest BCUT2D eigenvalue weighted by molar-refractivity contribution is 0.126. The van der Waals surface area contributed by atoms with Crippen molar-refractivity contribution in [2.45, 2.75) is 11.3 Å². The SMILES string of the molecule is O[C@@H](COc1ccc(Cl)cc1)CSc1nncn1-c1ccccc1. The molecule has 1 aromatic heterocycles. The lowest BCUT2D eigenvalue weighted by Gasteiger charge is -2.12. The Morgan fingerprint density at radius 2 is 1.88 bits per heavy atom. The monoisotopic (exact) mass is 361 g/mol. The molecule has 1 heterocycles. The number of ether oxygens (including phenoxy) is 1. The van der Waals surface area contributed by atoms with Gasteiger partial charge in [-0.05, 0) is 36.4 Å². The van der Waals surface area contributed by atoms with Gasteiger partial charge in [0.25, 0.3) is 0 Å². The molecule has 2 aromatic carbocycles. The molecule has 7 heteroatoms. The molecule has 0 aliphatic carbocycles. The van der Waals surface area contributed by atoms with Crippen molar-refractivity contribution in [1.82, 2.24) is 14.8 Å². The van der Waals surface area contributed by atoms with Crippen LogP contribution in [-0.4, -0.2) is 38.3 Å². The Hall–Kier alpha value is -2.02. The van der Waals surface area contributed by atoms with Crippen LogP contribution in [0.1, 0.15) is 0 Å². The van der Waals surface area contributed by atoms with Crippen molar-refractivity contribution < 1.29 is 9.84 Å². The first-order valence-electron chi connectivity index (χ1n) is 7.37. The number of halogens is 1. The average Bonchev–Trinajstić information content (AvgIpc) is 3.09. The number of nitrogens with zero attached hydrogens (tertiary/aromatic N) is 3. The number of rotatable bonds is 7. The van der Waals surface area contributed by atoms with Crippen molar-refractivity contribution in [2.75, 3.05) is 12.4 Å². The third-order valence-electron chi connectivity index (χ3n) is 3.21. The van der Waals surface area contributed by atoms with Gasteiger partial charge >= 0.3 is 0 Å². The van der Waals surface area contributed by atoms with E-state index < -0.39 is 6.10 Å². The van der Waals surface area contributed by atoms with E-state index in [1.807, 2.05) is 34.9 Å². The van der Waals surface area contributed by atoms with Gasteiger partial charge in [-0.3, -0.25) is 4.57 Å². The number of thioether (sulfide) groups is 1. The molecule has 3 rings (SSSR count). The van der Waals surface area contributed by atoms with Crippen LogP contribution in [-0.2, 0) is 0 Å². The first-order valence-corrected chi connectivity index (χ1v) is 8.73. The van der Waals surface area contributed by atoms with E-state index in [0.29, 0.717) is 16.5 Å². The fourth-order valence-corrected chi connectivity index (χ4v) is 2.99. The molecule has 0 spiro atoms. The van der Waals surface area contributed by atoms with Crippen LogP contribution in [0.2, 0.25) is 5.02 Å².